The second-order valence-corrected chi connectivity index (χ2v) is 6.85. The smallest absolute Gasteiger partial charge is 0.191 e. The molecule has 6 heteroatoms. The van der Waals surface area contributed by atoms with Gasteiger partial charge in [0.05, 0.1) is 6.10 Å². The number of hydrogen-bond donors (Lipinski definition) is 2. The lowest BCUT2D eigenvalue weighted by molar-refractivity contribution is 0.0205. The lowest BCUT2D eigenvalue weighted by Crippen LogP contribution is -2.45. The average molecular weight is 323 g/mol. The van der Waals surface area contributed by atoms with Crippen molar-refractivity contribution in [1.82, 2.24) is 20.2 Å². The van der Waals surface area contributed by atoms with Gasteiger partial charge in [-0.25, -0.2) is 4.98 Å². The summed E-state index contributed by atoms with van der Waals surface area (Å²) in [7, 11) is 3.55. The van der Waals surface area contributed by atoms with Crippen LogP contribution in [0.5, 0.6) is 0 Å². The summed E-state index contributed by atoms with van der Waals surface area (Å²) in [6, 6.07) is 0. The van der Waals surface area contributed by atoms with Gasteiger partial charge in [0.2, 0.25) is 0 Å². The highest BCUT2D eigenvalue weighted by Gasteiger charge is 2.24. The van der Waals surface area contributed by atoms with E-state index < -0.39 is 0 Å². The summed E-state index contributed by atoms with van der Waals surface area (Å²) in [6.07, 6.45) is 6.22. The first-order valence-corrected chi connectivity index (χ1v) is 8.33. The van der Waals surface area contributed by atoms with Crippen LogP contribution in [0.3, 0.4) is 0 Å². The van der Waals surface area contributed by atoms with Gasteiger partial charge in [0.15, 0.2) is 5.96 Å². The van der Waals surface area contributed by atoms with Crippen molar-refractivity contribution in [3.8, 4) is 0 Å². The summed E-state index contributed by atoms with van der Waals surface area (Å²) in [5, 5.41) is 6.69. The summed E-state index contributed by atoms with van der Waals surface area (Å²) < 4.78 is 7.73. The molecule has 0 bridgehead atoms. The van der Waals surface area contributed by atoms with Gasteiger partial charge in [0, 0.05) is 46.2 Å². The number of rotatable bonds is 8. The molecule has 0 fully saturated rings. The summed E-state index contributed by atoms with van der Waals surface area (Å²) >= 11 is 0. The van der Waals surface area contributed by atoms with Gasteiger partial charge in [0.25, 0.3) is 0 Å². The molecule has 6 nitrogen and oxygen atoms in total. The topological polar surface area (TPSA) is 63.5 Å². The van der Waals surface area contributed by atoms with Crippen LogP contribution in [-0.2, 0) is 11.3 Å². The number of nitrogens with zero attached hydrogens (tertiary/aromatic N) is 3. The molecule has 1 unspecified atom stereocenters. The maximum absolute atomic E-state index is 5.55. The monoisotopic (exact) mass is 323 g/mol. The maximum Gasteiger partial charge on any atom is 0.191 e. The van der Waals surface area contributed by atoms with Crippen LogP contribution in [0, 0.1) is 12.3 Å². The normalized spacial score (nSPS) is 13.9. The molecular formula is C17H33N5O. The number of methoxy groups -OCH3 is 1. The van der Waals surface area contributed by atoms with E-state index in [1.807, 2.05) is 19.3 Å². The summed E-state index contributed by atoms with van der Waals surface area (Å²) in [5.41, 5.74) is 0.100. The molecule has 0 saturated heterocycles. The molecule has 0 amide bonds. The van der Waals surface area contributed by atoms with Crippen molar-refractivity contribution >= 4 is 5.96 Å². The van der Waals surface area contributed by atoms with Crippen LogP contribution in [0.15, 0.2) is 17.4 Å². The van der Waals surface area contributed by atoms with E-state index in [-0.39, 0.29) is 11.5 Å². The van der Waals surface area contributed by atoms with Crippen molar-refractivity contribution in [2.45, 2.75) is 53.2 Å². The fourth-order valence-electron chi connectivity index (χ4n) is 2.41. The molecule has 0 aliphatic carbocycles. The van der Waals surface area contributed by atoms with Gasteiger partial charge >= 0.3 is 0 Å². The molecular weight excluding hydrogens is 290 g/mol. The average Bonchev–Trinajstić information content (AvgIpc) is 2.89. The molecule has 0 aromatic carbocycles. The van der Waals surface area contributed by atoms with Crippen LogP contribution >= 0.6 is 0 Å². The number of aromatic nitrogens is 2. The third kappa shape index (κ3) is 7.03. The fraction of sp³-hybridized carbons (Fsp3) is 0.765. The Morgan fingerprint density at radius 3 is 2.61 bits per heavy atom. The Kier molecular flexibility index (Phi) is 8.09. The number of imidazole rings is 1. The van der Waals surface area contributed by atoms with Crippen LogP contribution in [0.2, 0.25) is 0 Å². The quantitative estimate of drug-likeness (QED) is 0.437. The molecule has 2 N–H and O–H groups in total. The molecule has 1 aromatic heterocycles. The molecule has 1 rings (SSSR count). The molecule has 0 aliphatic rings. The third-order valence-electron chi connectivity index (χ3n) is 3.97. The SMILES string of the molecule is CN=C(NCCCCn1ccnc1C)NCC(OC)C(C)(C)C. The largest absolute Gasteiger partial charge is 0.379 e. The molecule has 0 aliphatic heterocycles. The van der Waals surface area contributed by atoms with Gasteiger partial charge in [-0.05, 0) is 25.2 Å². The van der Waals surface area contributed by atoms with Crippen molar-refractivity contribution in [2.24, 2.45) is 10.4 Å². The highest BCUT2D eigenvalue weighted by molar-refractivity contribution is 5.79. The first-order valence-electron chi connectivity index (χ1n) is 8.33. The molecule has 1 atom stereocenters. The number of guanidine groups is 1. The van der Waals surface area contributed by atoms with E-state index in [1.54, 1.807) is 14.2 Å². The molecule has 23 heavy (non-hydrogen) atoms. The lowest BCUT2D eigenvalue weighted by atomic mass is 9.89. The number of nitrogens with one attached hydrogen (secondary N) is 2. The van der Waals surface area contributed by atoms with Crippen LogP contribution in [0.4, 0.5) is 0 Å². The maximum atomic E-state index is 5.55. The van der Waals surface area contributed by atoms with Crippen molar-refractivity contribution in [1.29, 1.82) is 0 Å². The Hall–Kier alpha value is -1.56. The minimum atomic E-state index is 0.100. The van der Waals surface area contributed by atoms with Gasteiger partial charge in [-0.3, -0.25) is 4.99 Å². The second kappa shape index (κ2) is 9.55. The predicted octanol–water partition coefficient (Wildman–Crippen LogP) is 2.20. The van der Waals surface area contributed by atoms with E-state index in [2.05, 4.69) is 45.9 Å². The standard InChI is InChI=1S/C17H33N5O/c1-14-19-10-12-22(14)11-8-7-9-20-16(18-5)21-13-15(23-6)17(2,3)4/h10,12,15H,7-9,11,13H2,1-6H3,(H2,18,20,21). The molecule has 1 aromatic rings. The Morgan fingerprint density at radius 1 is 1.35 bits per heavy atom. The minimum absolute atomic E-state index is 0.100. The summed E-state index contributed by atoms with van der Waals surface area (Å²) in [5.74, 6) is 1.90. The highest BCUT2D eigenvalue weighted by Crippen LogP contribution is 2.20. The number of unbranched alkanes of at least 4 members (excludes halogenated alkanes) is 1. The molecule has 0 radical (unpaired) electrons. The lowest BCUT2D eigenvalue weighted by Gasteiger charge is -2.30. The fourth-order valence-corrected chi connectivity index (χ4v) is 2.41. The predicted molar refractivity (Wildman–Crippen MR) is 95.8 cm³/mol. The van der Waals surface area contributed by atoms with E-state index >= 15 is 0 Å². The van der Waals surface area contributed by atoms with E-state index in [0.717, 1.165) is 44.3 Å². The summed E-state index contributed by atoms with van der Waals surface area (Å²) in [4.78, 5) is 8.49. The zero-order chi connectivity index (χ0) is 17.3. The zero-order valence-electron chi connectivity index (χ0n) is 15.5. The van der Waals surface area contributed by atoms with Crippen LogP contribution in [0.1, 0.15) is 39.4 Å². The van der Waals surface area contributed by atoms with E-state index in [9.17, 15) is 0 Å². The Labute approximate surface area is 140 Å². The Balaban J connectivity index is 2.23. The molecule has 0 saturated carbocycles. The van der Waals surface area contributed by atoms with Crippen molar-refractivity contribution in [3.63, 3.8) is 0 Å². The van der Waals surface area contributed by atoms with Gasteiger partial charge < -0.3 is 19.9 Å². The van der Waals surface area contributed by atoms with Crippen molar-refractivity contribution in [2.75, 3.05) is 27.2 Å². The zero-order valence-corrected chi connectivity index (χ0v) is 15.5. The van der Waals surface area contributed by atoms with Gasteiger partial charge in [-0.2, -0.15) is 0 Å². The molecule has 1 heterocycles. The van der Waals surface area contributed by atoms with Crippen molar-refractivity contribution in [3.05, 3.63) is 18.2 Å². The number of aliphatic imine (C=N–C) groups is 1. The van der Waals surface area contributed by atoms with E-state index in [1.165, 1.54) is 0 Å². The van der Waals surface area contributed by atoms with Crippen LogP contribution < -0.4 is 10.6 Å². The molecule has 132 valence electrons. The van der Waals surface area contributed by atoms with Crippen LogP contribution in [0.25, 0.3) is 0 Å². The Morgan fingerprint density at radius 2 is 2.09 bits per heavy atom. The Bertz CT molecular complexity index is 476. The summed E-state index contributed by atoms with van der Waals surface area (Å²) in [6.45, 7) is 11.2. The number of ether oxygens (including phenoxy) is 1. The van der Waals surface area contributed by atoms with Crippen LogP contribution in [-0.4, -0.2) is 48.9 Å². The number of aryl methyl sites for hydroxylation is 2. The van der Waals surface area contributed by atoms with Gasteiger partial charge in [0.1, 0.15) is 5.82 Å². The third-order valence-corrected chi connectivity index (χ3v) is 3.97. The minimum Gasteiger partial charge on any atom is -0.379 e. The molecule has 0 spiro atoms. The van der Waals surface area contributed by atoms with E-state index in [4.69, 9.17) is 4.74 Å². The highest BCUT2D eigenvalue weighted by atomic mass is 16.5. The van der Waals surface area contributed by atoms with E-state index in [0.29, 0.717) is 0 Å². The van der Waals surface area contributed by atoms with Gasteiger partial charge in [-0.15, -0.1) is 0 Å². The van der Waals surface area contributed by atoms with Gasteiger partial charge in [-0.1, -0.05) is 20.8 Å². The second-order valence-electron chi connectivity index (χ2n) is 6.85. The number of hydrogen-bond acceptors (Lipinski definition) is 3. The first kappa shape index (κ1) is 19.5. The first-order chi connectivity index (χ1) is 10.9. The van der Waals surface area contributed by atoms with Crippen molar-refractivity contribution < 1.29 is 4.74 Å².